The summed E-state index contributed by atoms with van der Waals surface area (Å²) in [7, 11) is 0. The van der Waals surface area contributed by atoms with Crippen molar-refractivity contribution >= 4 is 11.6 Å². The van der Waals surface area contributed by atoms with Gasteiger partial charge in [0.05, 0.1) is 5.69 Å². The molecule has 1 N–H and O–H groups in total. The zero-order valence-electron chi connectivity index (χ0n) is 15.4. The van der Waals surface area contributed by atoms with Crippen LogP contribution in [0.2, 0.25) is 0 Å². The van der Waals surface area contributed by atoms with E-state index in [2.05, 4.69) is 17.1 Å². The third-order valence-corrected chi connectivity index (χ3v) is 4.87. The van der Waals surface area contributed by atoms with E-state index >= 15 is 0 Å². The molecule has 1 aliphatic rings. The van der Waals surface area contributed by atoms with Crippen LogP contribution in [0.15, 0.2) is 42.5 Å². The topological polar surface area (TPSA) is 41.6 Å². The van der Waals surface area contributed by atoms with Gasteiger partial charge in [-0.25, -0.2) is 8.78 Å². The Morgan fingerprint density at radius 1 is 1.19 bits per heavy atom. The van der Waals surface area contributed by atoms with Gasteiger partial charge in [0.15, 0.2) is 0 Å². The van der Waals surface area contributed by atoms with Gasteiger partial charge in [-0.1, -0.05) is 19.1 Å². The maximum absolute atomic E-state index is 13.8. The van der Waals surface area contributed by atoms with Crippen LogP contribution in [0.3, 0.4) is 0 Å². The number of carbonyl (C=O) groups is 1. The minimum atomic E-state index is -0.795. The molecular formula is C21H24F2N2O2. The summed E-state index contributed by atoms with van der Waals surface area (Å²) in [4.78, 5) is 14.8. The van der Waals surface area contributed by atoms with Gasteiger partial charge in [-0.05, 0) is 49.2 Å². The minimum Gasteiger partial charge on any atom is -0.381 e. The van der Waals surface area contributed by atoms with E-state index in [1.54, 1.807) is 6.07 Å². The fraction of sp³-hybridized carbons (Fsp3) is 0.381. The summed E-state index contributed by atoms with van der Waals surface area (Å²) >= 11 is 0. The van der Waals surface area contributed by atoms with E-state index in [0.717, 1.165) is 56.8 Å². The van der Waals surface area contributed by atoms with Crippen LogP contribution >= 0.6 is 0 Å². The Balaban J connectivity index is 1.69. The SMILES string of the molecule is CCN(Cc1cccc(C(=O)Nc2ccc(F)cc2F)c1)C1CCOCC1. The molecule has 4 nitrogen and oxygen atoms in total. The molecule has 144 valence electrons. The summed E-state index contributed by atoms with van der Waals surface area (Å²) in [6.07, 6.45) is 2.02. The first-order chi connectivity index (χ1) is 13.1. The Morgan fingerprint density at radius 2 is 1.96 bits per heavy atom. The van der Waals surface area contributed by atoms with Gasteiger partial charge in [0.25, 0.3) is 5.91 Å². The molecule has 0 spiro atoms. The fourth-order valence-electron chi connectivity index (χ4n) is 3.38. The average Bonchev–Trinajstić information content (AvgIpc) is 2.69. The first kappa shape index (κ1) is 19.5. The number of anilines is 1. The van der Waals surface area contributed by atoms with Gasteiger partial charge in [0.2, 0.25) is 0 Å². The smallest absolute Gasteiger partial charge is 0.255 e. The zero-order valence-corrected chi connectivity index (χ0v) is 15.4. The molecular weight excluding hydrogens is 350 g/mol. The average molecular weight is 374 g/mol. The number of hydrogen-bond donors (Lipinski definition) is 1. The predicted octanol–water partition coefficient (Wildman–Crippen LogP) is 4.22. The monoisotopic (exact) mass is 374 g/mol. The number of hydrogen-bond acceptors (Lipinski definition) is 3. The standard InChI is InChI=1S/C21H24F2N2O2/c1-2-25(18-8-10-27-11-9-18)14-15-4-3-5-16(12-15)21(26)24-20-7-6-17(22)13-19(20)23/h3-7,12-13,18H,2,8-11,14H2,1H3,(H,24,26). The molecule has 6 heteroatoms. The lowest BCUT2D eigenvalue weighted by atomic mass is 10.0. The summed E-state index contributed by atoms with van der Waals surface area (Å²) in [5.41, 5.74) is 1.43. The van der Waals surface area contributed by atoms with Crippen molar-refractivity contribution in [3.05, 3.63) is 65.2 Å². The molecule has 0 aromatic heterocycles. The lowest BCUT2D eigenvalue weighted by molar-refractivity contribution is 0.0330. The number of nitrogens with one attached hydrogen (secondary N) is 1. The molecule has 0 unspecified atom stereocenters. The highest BCUT2D eigenvalue weighted by atomic mass is 19.1. The van der Waals surface area contributed by atoms with Gasteiger partial charge >= 0.3 is 0 Å². The Morgan fingerprint density at radius 3 is 2.67 bits per heavy atom. The maximum atomic E-state index is 13.8. The molecule has 1 saturated heterocycles. The minimum absolute atomic E-state index is 0.0378. The summed E-state index contributed by atoms with van der Waals surface area (Å²) in [5.74, 6) is -1.90. The van der Waals surface area contributed by atoms with E-state index in [9.17, 15) is 13.6 Å². The summed E-state index contributed by atoms with van der Waals surface area (Å²) < 4.78 is 32.2. The quantitative estimate of drug-likeness (QED) is 0.823. The third-order valence-electron chi connectivity index (χ3n) is 4.87. The summed E-state index contributed by atoms with van der Waals surface area (Å²) in [5, 5.41) is 2.50. The van der Waals surface area contributed by atoms with Crippen molar-refractivity contribution in [2.75, 3.05) is 25.1 Å². The van der Waals surface area contributed by atoms with Crippen LogP contribution in [0.5, 0.6) is 0 Å². The van der Waals surface area contributed by atoms with Crippen LogP contribution in [0.1, 0.15) is 35.7 Å². The molecule has 0 bridgehead atoms. The largest absolute Gasteiger partial charge is 0.381 e. The molecule has 0 aliphatic carbocycles. The predicted molar refractivity (Wildman–Crippen MR) is 101 cm³/mol. The zero-order chi connectivity index (χ0) is 19.2. The Labute approximate surface area is 158 Å². The van der Waals surface area contributed by atoms with E-state index in [4.69, 9.17) is 4.74 Å². The van der Waals surface area contributed by atoms with Crippen molar-refractivity contribution < 1.29 is 18.3 Å². The number of halogens is 2. The lowest BCUT2D eigenvalue weighted by Crippen LogP contribution is -2.38. The molecule has 0 radical (unpaired) electrons. The molecule has 27 heavy (non-hydrogen) atoms. The number of amides is 1. The van der Waals surface area contributed by atoms with Crippen molar-refractivity contribution in [3.8, 4) is 0 Å². The second-order valence-electron chi connectivity index (χ2n) is 6.69. The van der Waals surface area contributed by atoms with Gasteiger partial charge < -0.3 is 10.1 Å². The number of carbonyl (C=O) groups excluding carboxylic acids is 1. The molecule has 3 rings (SSSR count). The van der Waals surface area contributed by atoms with Crippen LogP contribution < -0.4 is 5.32 Å². The molecule has 0 atom stereocenters. The molecule has 0 saturated carbocycles. The molecule has 1 aliphatic heterocycles. The summed E-state index contributed by atoms with van der Waals surface area (Å²) in [6.45, 7) is 5.36. The summed E-state index contributed by atoms with van der Waals surface area (Å²) in [6, 6.07) is 10.9. The molecule has 1 amide bonds. The van der Waals surface area contributed by atoms with Gasteiger partial charge in [-0.2, -0.15) is 0 Å². The third kappa shape index (κ3) is 5.11. The van der Waals surface area contributed by atoms with E-state index in [-0.39, 0.29) is 5.69 Å². The maximum Gasteiger partial charge on any atom is 0.255 e. The molecule has 2 aromatic carbocycles. The molecule has 2 aromatic rings. The molecule has 1 fully saturated rings. The number of nitrogens with zero attached hydrogens (tertiary/aromatic N) is 1. The highest BCUT2D eigenvalue weighted by molar-refractivity contribution is 6.04. The van der Waals surface area contributed by atoms with Crippen molar-refractivity contribution in [2.24, 2.45) is 0 Å². The number of benzene rings is 2. The highest BCUT2D eigenvalue weighted by Crippen LogP contribution is 2.19. The van der Waals surface area contributed by atoms with Crippen molar-refractivity contribution in [1.29, 1.82) is 0 Å². The van der Waals surface area contributed by atoms with Gasteiger partial charge in [0, 0.05) is 37.4 Å². The van der Waals surface area contributed by atoms with Crippen LogP contribution in [0, 0.1) is 11.6 Å². The van der Waals surface area contributed by atoms with Gasteiger partial charge in [-0.15, -0.1) is 0 Å². The lowest BCUT2D eigenvalue weighted by Gasteiger charge is -2.33. The van der Waals surface area contributed by atoms with Crippen molar-refractivity contribution in [2.45, 2.75) is 32.4 Å². The number of rotatable bonds is 6. The Hall–Kier alpha value is -2.31. The van der Waals surface area contributed by atoms with E-state index in [1.165, 1.54) is 6.07 Å². The van der Waals surface area contributed by atoms with Crippen LogP contribution in [-0.4, -0.2) is 36.6 Å². The van der Waals surface area contributed by atoms with E-state index in [1.807, 2.05) is 18.2 Å². The van der Waals surface area contributed by atoms with Gasteiger partial charge in [0.1, 0.15) is 11.6 Å². The first-order valence-electron chi connectivity index (χ1n) is 9.24. The van der Waals surface area contributed by atoms with E-state index in [0.29, 0.717) is 11.6 Å². The van der Waals surface area contributed by atoms with Crippen molar-refractivity contribution in [1.82, 2.24) is 4.90 Å². The van der Waals surface area contributed by atoms with Crippen LogP contribution in [0.25, 0.3) is 0 Å². The van der Waals surface area contributed by atoms with Crippen LogP contribution in [-0.2, 0) is 11.3 Å². The van der Waals surface area contributed by atoms with Crippen molar-refractivity contribution in [3.63, 3.8) is 0 Å². The number of ether oxygens (including phenoxy) is 1. The van der Waals surface area contributed by atoms with E-state index < -0.39 is 17.5 Å². The molecule has 1 heterocycles. The highest BCUT2D eigenvalue weighted by Gasteiger charge is 2.20. The van der Waals surface area contributed by atoms with Crippen LogP contribution in [0.4, 0.5) is 14.5 Å². The normalized spacial score (nSPS) is 15.1. The van der Waals surface area contributed by atoms with Gasteiger partial charge in [-0.3, -0.25) is 9.69 Å². The Kier molecular flexibility index (Phi) is 6.53. The second kappa shape index (κ2) is 9.06. The Bertz CT molecular complexity index is 792. The first-order valence-corrected chi connectivity index (χ1v) is 9.24. The second-order valence-corrected chi connectivity index (χ2v) is 6.69. The fourth-order valence-corrected chi connectivity index (χ4v) is 3.38.